The number of alkyl carbamates (subject to hydrolysis) is 1. The lowest BCUT2D eigenvalue weighted by Gasteiger charge is -2.25. The molecule has 0 bridgehead atoms. The minimum Gasteiger partial charge on any atom is -0.492 e. The first-order chi connectivity index (χ1) is 18.1. The van der Waals surface area contributed by atoms with Crippen LogP contribution in [0.1, 0.15) is 57.1 Å². The Morgan fingerprint density at radius 3 is 2.66 bits per heavy atom. The number of fused-ring (bicyclic) bond motifs is 3. The van der Waals surface area contributed by atoms with Gasteiger partial charge in [-0.25, -0.2) is 4.79 Å². The molecule has 0 atom stereocenters. The van der Waals surface area contributed by atoms with Crippen molar-refractivity contribution in [3.8, 4) is 39.6 Å². The maximum atomic E-state index is 12.9. The summed E-state index contributed by atoms with van der Waals surface area (Å²) in [4.78, 5) is 24.7. The maximum Gasteiger partial charge on any atom is 0.407 e. The van der Waals surface area contributed by atoms with Crippen molar-refractivity contribution in [3.63, 3.8) is 0 Å². The molecule has 0 radical (unpaired) electrons. The molecule has 0 fully saturated rings. The predicted molar refractivity (Wildman–Crippen MR) is 145 cm³/mol. The summed E-state index contributed by atoms with van der Waals surface area (Å²) < 4.78 is 23.3. The number of benzene rings is 1. The molecule has 38 heavy (non-hydrogen) atoms. The molecule has 3 heterocycles. The lowest BCUT2D eigenvalue weighted by atomic mass is 9.95. The van der Waals surface area contributed by atoms with E-state index in [1.807, 2.05) is 36.7 Å². The zero-order valence-electron chi connectivity index (χ0n) is 22.5. The fourth-order valence-corrected chi connectivity index (χ4v) is 4.75. The van der Waals surface area contributed by atoms with E-state index >= 15 is 0 Å². The van der Waals surface area contributed by atoms with Crippen molar-refractivity contribution < 1.29 is 28.5 Å². The first kappa shape index (κ1) is 27.3. The zero-order valence-corrected chi connectivity index (χ0v) is 23.3. The number of nitrogens with one attached hydrogen (secondary N) is 3. The predicted octanol–water partition coefficient (Wildman–Crippen LogP) is 5.14. The number of thiophene rings is 1. The Bertz CT molecular complexity index is 1290. The number of methoxy groups -OCH3 is 1. The zero-order chi connectivity index (χ0) is 27.4. The Kier molecular flexibility index (Phi) is 8.15. The second kappa shape index (κ2) is 11.3. The second-order valence-electron chi connectivity index (χ2n) is 10.1. The van der Waals surface area contributed by atoms with Crippen molar-refractivity contribution in [2.45, 2.75) is 59.4 Å². The highest BCUT2D eigenvalue weighted by molar-refractivity contribution is 7.08. The summed E-state index contributed by atoms with van der Waals surface area (Å²) in [6.07, 6.45) is -0.0199. The van der Waals surface area contributed by atoms with E-state index in [4.69, 9.17) is 18.9 Å². The molecule has 1 aliphatic rings. The van der Waals surface area contributed by atoms with Gasteiger partial charge in [0.25, 0.3) is 5.91 Å². The van der Waals surface area contributed by atoms with Gasteiger partial charge in [0.15, 0.2) is 11.5 Å². The monoisotopic (exact) mass is 542 g/mol. The van der Waals surface area contributed by atoms with E-state index in [1.54, 1.807) is 39.2 Å². The minimum absolute atomic E-state index is 0.0772. The molecule has 2 aromatic heterocycles. The fraction of sp³-hybridized carbons (Fsp3) is 0.444. The number of carbonyl (C=O) groups excluding carboxylic acids is 2. The van der Waals surface area contributed by atoms with Crippen LogP contribution in [0.5, 0.6) is 17.2 Å². The van der Waals surface area contributed by atoms with Crippen LogP contribution in [-0.4, -0.2) is 54.1 Å². The summed E-state index contributed by atoms with van der Waals surface area (Å²) >= 11 is 1.58. The van der Waals surface area contributed by atoms with Crippen LogP contribution < -0.4 is 24.8 Å². The third-order valence-corrected chi connectivity index (χ3v) is 6.28. The van der Waals surface area contributed by atoms with Crippen molar-refractivity contribution in [1.29, 1.82) is 0 Å². The lowest BCUT2D eigenvalue weighted by Crippen LogP contribution is -2.34. The van der Waals surface area contributed by atoms with Crippen LogP contribution in [0.15, 0.2) is 22.9 Å². The maximum absolute atomic E-state index is 12.9. The summed E-state index contributed by atoms with van der Waals surface area (Å²) in [6, 6.07) is 3.86. The molecule has 10 nitrogen and oxygen atoms in total. The standard InChI is InChI=1S/C27H34N4O6S/c1-15(2)36-19-12-17-21-18(13-35-23(17)20(24(19)34-6)16-8-11-38-14-16)22(31-30-21)25(32)28-9-7-10-29-26(33)37-27(3,4)5/h8,11-12,14-15H,7,9-10,13H2,1-6H3,(H,28,32)(H,29,33)(H,30,31). The molecule has 0 aliphatic carbocycles. The van der Waals surface area contributed by atoms with Crippen molar-refractivity contribution in [2.75, 3.05) is 20.2 Å². The molecular weight excluding hydrogens is 508 g/mol. The smallest absolute Gasteiger partial charge is 0.407 e. The first-order valence-corrected chi connectivity index (χ1v) is 13.4. The van der Waals surface area contributed by atoms with Gasteiger partial charge in [-0.3, -0.25) is 9.89 Å². The highest BCUT2D eigenvalue weighted by Gasteiger charge is 2.32. The van der Waals surface area contributed by atoms with E-state index in [2.05, 4.69) is 20.8 Å². The van der Waals surface area contributed by atoms with Crippen molar-refractivity contribution in [2.24, 2.45) is 0 Å². The summed E-state index contributed by atoms with van der Waals surface area (Å²) in [5.41, 5.74) is 3.55. The van der Waals surface area contributed by atoms with Gasteiger partial charge in [0.05, 0.1) is 18.8 Å². The quantitative estimate of drug-likeness (QED) is 0.320. The SMILES string of the molecule is COc1c(OC(C)C)cc2c(c1-c1ccsc1)OCc1c-2n[nH]c1C(=O)NCCCNC(=O)OC(C)(C)C. The average Bonchev–Trinajstić information content (AvgIpc) is 3.51. The number of H-pyrrole nitrogens is 1. The summed E-state index contributed by atoms with van der Waals surface area (Å²) in [5.74, 6) is 1.50. The largest absolute Gasteiger partial charge is 0.492 e. The number of rotatable bonds is 9. The third-order valence-electron chi connectivity index (χ3n) is 5.59. The van der Waals surface area contributed by atoms with Crippen LogP contribution in [0.3, 0.4) is 0 Å². The van der Waals surface area contributed by atoms with Gasteiger partial charge in [0.1, 0.15) is 29.3 Å². The van der Waals surface area contributed by atoms with Gasteiger partial charge < -0.3 is 29.6 Å². The highest BCUT2D eigenvalue weighted by Crippen LogP contribution is 2.52. The van der Waals surface area contributed by atoms with Gasteiger partial charge in [-0.2, -0.15) is 16.4 Å². The Morgan fingerprint density at radius 1 is 1.24 bits per heavy atom. The first-order valence-electron chi connectivity index (χ1n) is 12.5. The molecule has 11 heteroatoms. The van der Waals surface area contributed by atoms with E-state index in [9.17, 15) is 9.59 Å². The van der Waals surface area contributed by atoms with Crippen molar-refractivity contribution in [1.82, 2.24) is 20.8 Å². The van der Waals surface area contributed by atoms with E-state index in [-0.39, 0.29) is 18.6 Å². The topological polar surface area (TPSA) is 124 Å². The third kappa shape index (κ3) is 6.04. The van der Waals surface area contributed by atoms with Gasteiger partial charge in [0.2, 0.25) is 0 Å². The Balaban J connectivity index is 1.53. The van der Waals surface area contributed by atoms with Gasteiger partial charge in [-0.15, -0.1) is 0 Å². The molecule has 3 N–H and O–H groups in total. The Labute approximate surface area is 226 Å². The van der Waals surface area contributed by atoms with Crippen LogP contribution >= 0.6 is 11.3 Å². The van der Waals surface area contributed by atoms with E-state index in [0.717, 1.165) is 16.7 Å². The number of aromatic nitrogens is 2. The summed E-state index contributed by atoms with van der Waals surface area (Å²) in [5, 5.41) is 16.9. The lowest BCUT2D eigenvalue weighted by molar-refractivity contribution is 0.0527. The molecule has 1 aliphatic heterocycles. The van der Waals surface area contributed by atoms with Crippen LogP contribution in [-0.2, 0) is 11.3 Å². The molecule has 2 amide bonds. The van der Waals surface area contributed by atoms with Crippen LogP contribution in [0.2, 0.25) is 0 Å². The summed E-state index contributed by atoms with van der Waals surface area (Å²) in [6.45, 7) is 10.2. The van der Waals surface area contributed by atoms with Gasteiger partial charge in [-0.1, -0.05) is 0 Å². The number of nitrogens with zero attached hydrogens (tertiary/aromatic N) is 1. The molecule has 0 spiro atoms. The number of ether oxygens (including phenoxy) is 4. The van der Waals surface area contributed by atoms with Crippen LogP contribution in [0, 0.1) is 0 Å². The number of hydrogen-bond acceptors (Lipinski definition) is 8. The second-order valence-corrected chi connectivity index (χ2v) is 10.9. The van der Waals surface area contributed by atoms with Crippen molar-refractivity contribution in [3.05, 3.63) is 34.2 Å². The highest BCUT2D eigenvalue weighted by atomic mass is 32.1. The van der Waals surface area contributed by atoms with Crippen LogP contribution in [0.25, 0.3) is 22.4 Å². The number of carbonyl (C=O) groups is 2. The Hall–Kier alpha value is -3.73. The molecule has 0 saturated carbocycles. The Morgan fingerprint density at radius 2 is 2.00 bits per heavy atom. The fourth-order valence-electron chi connectivity index (χ4n) is 4.11. The van der Waals surface area contributed by atoms with E-state index < -0.39 is 11.7 Å². The number of amides is 2. The van der Waals surface area contributed by atoms with E-state index in [0.29, 0.717) is 53.7 Å². The summed E-state index contributed by atoms with van der Waals surface area (Å²) in [7, 11) is 1.61. The van der Waals surface area contributed by atoms with Gasteiger partial charge in [0, 0.05) is 24.2 Å². The molecule has 0 saturated heterocycles. The normalized spacial score (nSPS) is 12.3. The molecule has 204 valence electrons. The molecular formula is C27H34N4O6S. The van der Waals surface area contributed by atoms with E-state index in [1.165, 1.54) is 0 Å². The average molecular weight is 543 g/mol. The minimum atomic E-state index is -0.560. The molecule has 0 unspecified atom stereocenters. The van der Waals surface area contributed by atoms with Crippen LogP contribution in [0.4, 0.5) is 4.79 Å². The number of hydrogen-bond donors (Lipinski definition) is 3. The molecule has 4 rings (SSSR count). The van der Waals surface area contributed by atoms with Crippen molar-refractivity contribution >= 4 is 23.3 Å². The van der Waals surface area contributed by atoms with Gasteiger partial charge >= 0.3 is 6.09 Å². The molecule has 1 aromatic carbocycles. The molecule has 3 aromatic rings. The number of aromatic amines is 1. The van der Waals surface area contributed by atoms with Gasteiger partial charge in [-0.05, 0) is 69.5 Å².